The zero-order valence-corrected chi connectivity index (χ0v) is 26.1. The van der Waals surface area contributed by atoms with Crippen molar-refractivity contribution >= 4 is 0 Å². The lowest BCUT2D eigenvalue weighted by molar-refractivity contribution is 0.528. The standard InChI is InChI=1S/C39H62/c1-3-5-7-9-11-13-14-15-16-17-18-20-22-24-32-37-35-30-25-26-31-36(35)38-33-27-29-34(39(37)38)28-23-21-19-12-10-8-6-4-2/h25-27,29-31,33,37H,3-24,28,32H2,1-2H3. The van der Waals surface area contributed by atoms with Crippen LogP contribution in [-0.4, -0.2) is 0 Å². The van der Waals surface area contributed by atoms with Gasteiger partial charge in [0.25, 0.3) is 0 Å². The number of fused-ring (bicyclic) bond motifs is 3. The minimum atomic E-state index is 0.624. The molecule has 3 rings (SSSR count). The quantitative estimate of drug-likeness (QED) is 0.118. The maximum Gasteiger partial charge on any atom is 0.0104 e. The number of unbranched alkanes of at least 4 members (excludes halogenated alkanes) is 20. The Morgan fingerprint density at radius 1 is 0.436 bits per heavy atom. The summed E-state index contributed by atoms with van der Waals surface area (Å²) in [5, 5.41) is 0. The van der Waals surface area contributed by atoms with E-state index >= 15 is 0 Å². The predicted molar refractivity (Wildman–Crippen MR) is 175 cm³/mol. The molecule has 1 aliphatic carbocycles. The lowest BCUT2D eigenvalue weighted by Gasteiger charge is -2.17. The van der Waals surface area contributed by atoms with Crippen molar-refractivity contribution in [3.05, 3.63) is 59.2 Å². The summed E-state index contributed by atoms with van der Waals surface area (Å²) in [4.78, 5) is 0. The molecule has 0 nitrogen and oxygen atoms in total. The molecule has 39 heavy (non-hydrogen) atoms. The van der Waals surface area contributed by atoms with E-state index in [1.165, 1.54) is 165 Å². The fourth-order valence-corrected chi connectivity index (χ4v) is 6.97. The van der Waals surface area contributed by atoms with Crippen LogP contribution >= 0.6 is 0 Å². The Bertz CT molecular complexity index is 877. The van der Waals surface area contributed by atoms with Crippen LogP contribution in [-0.2, 0) is 6.42 Å². The smallest absolute Gasteiger partial charge is 0.0104 e. The maximum absolute atomic E-state index is 2.45. The van der Waals surface area contributed by atoms with Gasteiger partial charge in [-0.05, 0) is 47.1 Å². The molecule has 0 aromatic heterocycles. The Labute approximate surface area is 243 Å². The van der Waals surface area contributed by atoms with Gasteiger partial charge in [0.15, 0.2) is 0 Å². The van der Waals surface area contributed by atoms with Crippen LogP contribution < -0.4 is 0 Å². The van der Waals surface area contributed by atoms with Gasteiger partial charge in [0.05, 0.1) is 0 Å². The molecule has 0 heteroatoms. The van der Waals surface area contributed by atoms with Gasteiger partial charge in [0.1, 0.15) is 0 Å². The van der Waals surface area contributed by atoms with E-state index in [9.17, 15) is 0 Å². The zero-order chi connectivity index (χ0) is 27.4. The van der Waals surface area contributed by atoms with E-state index in [2.05, 4.69) is 56.3 Å². The molecular formula is C39H62. The molecule has 0 bridgehead atoms. The van der Waals surface area contributed by atoms with Crippen molar-refractivity contribution in [1.82, 2.24) is 0 Å². The molecule has 1 atom stereocenters. The highest BCUT2D eigenvalue weighted by Crippen LogP contribution is 2.48. The third-order valence-electron chi connectivity index (χ3n) is 9.32. The highest BCUT2D eigenvalue weighted by atomic mass is 14.3. The number of rotatable bonds is 24. The lowest BCUT2D eigenvalue weighted by Crippen LogP contribution is -2.02. The molecule has 218 valence electrons. The summed E-state index contributed by atoms with van der Waals surface area (Å²) in [5.74, 6) is 0.624. The molecule has 0 amide bonds. The van der Waals surface area contributed by atoms with Gasteiger partial charge in [-0.1, -0.05) is 191 Å². The maximum atomic E-state index is 2.45. The molecule has 2 aromatic rings. The van der Waals surface area contributed by atoms with Crippen molar-refractivity contribution in [2.75, 3.05) is 0 Å². The Morgan fingerprint density at radius 3 is 1.46 bits per heavy atom. The molecule has 0 fully saturated rings. The lowest BCUT2D eigenvalue weighted by atomic mass is 9.87. The number of aryl methyl sites for hydroxylation is 1. The zero-order valence-electron chi connectivity index (χ0n) is 26.1. The van der Waals surface area contributed by atoms with Crippen molar-refractivity contribution in [2.45, 2.75) is 174 Å². The average Bonchev–Trinajstić information content (AvgIpc) is 3.29. The second kappa shape index (κ2) is 20.3. The van der Waals surface area contributed by atoms with Crippen LogP contribution in [0.25, 0.3) is 11.1 Å². The third-order valence-corrected chi connectivity index (χ3v) is 9.32. The molecule has 0 saturated carbocycles. The van der Waals surface area contributed by atoms with Gasteiger partial charge in [0.2, 0.25) is 0 Å². The van der Waals surface area contributed by atoms with Crippen LogP contribution in [0.4, 0.5) is 0 Å². The fraction of sp³-hybridized carbons (Fsp3) is 0.692. The molecule has 0 aliphatic heterocycles. The second-order valence-corrected chi connectivity index (χ2v) is 12.6. The first-order valence-corrected chi connectivity index (χ1v) is 17.6. The number of benzene rings is 2. The molecule has 0 saturated heterocycles. The highest BCUT2D eigenvalue weighted by Gasteiger charge is 2.29. The highest BCUT2D eigenvalue weighted by molar-refractivity contribution is 5.80. The molecule has 0 heterocycles. The van der Waals surface area contributed by atoms with Gasteiger partial charge in [0, 0.05) is 5.92 Å². The van der Waals surface area contributed by atoms with E-state index in [0.717, 1.165) is 0 Å². The minimum Gasteiger partial charge on any atom is -0.0654 e. The number of hydrogen-bond donors (Lipinski definition) is 0. The summed E-state index contributed by atoms with van der Waals surface area (Å²) in [6.07, 6.45) is 34.0. The van der Waals surface area contributed by atoms with Crippen molar-refractivity contribution in [3.63, 3.8) is 0 Å². The molecule has 2 aromatic carbocycles. The normalized spacial score (nSPS) is 14.1. The first-order valence-electron chi connectivity index (χ1n) is 17.6. The van der Waals surface area contributed by atoms with Gasteiger partial charge >= 0.3 is 0 Å². The fourth-order valence-electron chi connectivity index (χ4n) is 6.97. The Morgan fingerprint density at radius 2 is 0.897 bits per heavy atom. The van der Waals surface area contributed by atoms with Crippen LogP contribution in [0.15, 0.2) is 42.5 Å². The Balaban J connectivity index is 1.36. The summed E-state index contributed by atoms with van der Waals surface area (Å²) in [6.45, 7) is 4.62. The number of hydrogen-bond acceptors (Lipinski definition) is 0. The van der Waals surface area contributed by atoms with Gasteiger partial charge in [-0.2, -0.15) is 0 Å². The van der Waals surface area contributed by atoms with E-state index in [0.29, 0.717) is 5.92 Å². The SMILES string of the molecule is CCCCCCCCCCCCCCCCC1c2ccccc2-c2cccc(CCCCCCCCCC)c21. The van der Waals surface area contributed by atoms with E-state index in [-0.39, 0.29) is 0 Å². The molecule has 1 unspecified atom stereocenters. The molecular weight excluding hydrogens is 468 g/mol. The van der Waals surface area contributed by atoms with Crippen molar-refractivity contribution < 1.29 is 0 Å². The van der Waals surface area contributed by atoms with Gasteiger partial charge in [-0.25, -0.2) is 0 Å². The van der Waals surface area contributed by atoms with Crippen LogP contribution in [0.1, 0.15) is 184 Å². The van der Waals surface area contributed by atoms with E-state index in [1.807, 2.05) is 0 Å². The van der Waals surface area contributed by atoms with Crippen LogP contribution in [0.3, 0.4) is 0 Å². The third kappa shape index (κ3) is 11.4. The summed E-state index contributed by atoms with van der Waals surface area (Å²) >= 11 is 0. The average molecular weight is 531 g/mol. The van der Waals surface area contributed by atoms with Crippen LogP contribution in [0, 0.1) is 0 Å². The second-order valence-electron chi connectivity index (χ2n) is 12.6. The van der Waals surface area contributed by atoms with Crippen LogP contribution in [0.5, 0.6) is 0 Å². The Hall–Kier alpha value is -1.56. The van der Waals surface area contributed by atoms with E-state index in [4.69, 9.17) is 0 Å². The molecule has 0 radical (unpaired) electrons. The predicted octanol–water partition coefficient (Wildman–Crippen LogP) is 13.4. The summed E-state index contributed by atoms with van der Waals surface area (Å²) < 4.78 is 0. The monoisotopic (exact) mass is 530 g/mol. The largest absolute Gasteiger partial charge is 0.0654 e. The van der Waals surface area contributed by atoms with Crippen molar-refractivity contribution in [2.24, 2.45) is 0 Å². The van der Waals surface area contributed by atoms with Gasteiger partial charge in [-0.3, -0.25) is 0 Å². The van der Waals surface area contributed by atoms with E-state index in [1.54, 1.807) is 16.7 Å². The molecule has 0 N–H and O–H groups in total. The summed E-state index contributed by atoms with van der Waals surface area (Å²) in [5.41, 5.74) is 7.99. The minimum absolute atomic E-state index is 0.624. The topological polar surface area (TPSA) is 0 Å². The summed E-state index contributed by atoms with van der Waals surface area (Å²) in [7, 11) is 0. The van der Waals surface area contributed by atoms with Crippen molar-refractivity contribution in [1.29, 1.82) is 0 Å². The molecule has 1 aliphatic rings. The molecule has 0 spiro atoms. The van der Waals surface area contributed by atoms with E-state index < -0.39 is 0 Å². The first kappa shape index (κ1) is 32.0. The van der Waals surface area contributed by atoms with Gasteiger partial charge in [-0.15, -0.1) is 0 Å². The van der Waals surface area contributed by atoms with Crippen molar-refractivity contribution in [3.8, 4) is 11.1 Å². The Kier molecular flexibility index (Phi) is 16.7. The first-order chi connectivity index (χ1) is 19.4. The van der Waals surface area contributed by atoms with Gasteiger partial charge < -0.3 is 0 Å². The summed E-state index contributed by atoms with van der Waals surface area (Å²) in [6, 6.07) is 16.5. The van der Waals surface area contributed by atoms with Crippen LogP contribution in [0.2, 0.25) is 0 Å².